The highest BCUT2D eigenvalue weighted by atomic mass is 32.2. The first kappa shape index (κ1) is 14.6. The highest BCUT2D eigenvalue weighted by Crippen LogP contribution is 2.24. The molecule has 0 aromatic heterocycles. The number of hydrogen-bond acceptors (Lipinski definition) is 3. The van der Waals surface area contributed by atoms with Crippen LogP contribution >= 0.6 is 0 Å². The molecule has 0 bridgehead atoms. The van der Waals surface area contributed by atoms with Crippen molar-refractivity contribution in [1.82, 2.24) is 0 Å². The molecule has 0 aliphatic heterocycles. The first-order valence-corrected chi connectivity index (χ1v) is 7.74. The molecule has 0 saturated heterocycles. The Morgan fingerprint density at radius 3 is 2.45 bits per heavy atom. The normalized spacial score (nSPS) is 11.3. The Morgan fingerprint density at radius 1 is 1.10 bits per heavy atom. The Kier molecular flexibility index (Phi) is 4.11. The SMILES string of the molecule is Cc1cccc(N(C)S(=O)(=O)c2ccccc2CN)c1. The van der Waals surface area contributed by atoms with Crippen molar-refractivity contribution >= 4 is 15.7 Å². The van der Waals surface area contributed by atoms with Gasteiger partial charge in [0.1, 0.15) is 0 Å². The maximum absolute atomic E-state index is 12.7. The molecule has 0 heterocycles. The maximum Gasteiger partial charge on any atom is 0.264 e. The molecule has 0 atom stereocenters. The first-order valence-electron chi connectivity index (χ1n) is 6.30. The van der Waals surface area contributed by atoms with E-state index in [0.717, 1.165) is 5.56 Å². The molecule has 106 valence electrons. The van der Waals surface area contributed by atoms with Gasteiger partial charge in [-0.3, -0.25) is 4.31 Å². The van der Waals surface area contributed by atoms with E-state index >= 15 is 0 Å². The Labute approximate surface area is 119 Å². The molecule has 0 spiro atoms. The first-order chi connectivity index (χ1) is 9.46. The fourth-order valence-electron chi connectivity index (χ4n) is 2.03. The molecule has 2 aromatic carbocycles. The van der Waals surface area contributed by atoms with Crippen molar-refractivity contribution < 1.29 is 8.42 Å². The van der Waals surface area contributed by atoms with Gasteiger partial charge in [-0.25, -0.2) is 8.42 Å². The summed E-state index contributed by atoms with van der Waals surface area (Å²) in [6.07, 6.45) is 0. The van der Waals surface area contributed by atoms with E-state index in [0.29, 0.717) is 11.3 Å². The summed E-state index contributed by atoms with van der Waals surface area (Å²) in [5, 5.41) is 0. The van der Waals surface area contributed by atoms with Crippen molar-refractivity contribution in [2.24, 2.45) is 5.73 Å². The number of nitrogens with zero attached hydrogens (tertiary/aromatic N) is 1. The van der Waals surface area contributed by atoms with Crippen molar-refractivity contribution in [3.63, 3.8) is 0 Å². The summed E-state index contributed by atoms with van der Waals surface area (Å²) in [6.45, 7) is 2.12. The van der Waals surface area contributed by atoms with E-state index in [-0.39, 0.29) is 11.4 Å². The number of rotatable bonds is 4. The van der Waals surface area contributed by atoms with Crippen LogP contribution < -0.4 is 10.0 Å². The van der Waals surface area contributed by atoms with Gasteiger partial charge in [-0.05, 0) is 36.2 Å². The van der Waals surface area contributed by atoms with Crippen LogP contribution in [0, 0.1) is 6.92 Å². The third kappa shape index (κ3) is 2.69. The van der Waals surface area contributed by atoms with Gasteiger partial charge in [0.15, 0.2) is 0 Å². The average Bonchev–Trinajstić information content (AvgIpc) is 2.46. The fourth-order valence-corrected chi connectivity index (χ4v) is 3.45. The lowest BCUT2D eigenvalue weighted by Gasteiger charge is -2.21. The minimum atomic E-state index is -3.60. The molecule has 0 aliphatic carbocycles. The van der Waals surface area contributed by atoms with Crippen molar-refractivity contribution in [3.8, 4) is 0 Å². The molecule has 5 heteroatoms. The second kappa shape index (κ2) is 5.64. The second-order valence-corrected chi connectivity index (χ2v) is 6.56. The third-order valence-electron chi connectivity index (χ3n) is 3.20. The van der Waals surface area contributed by atoms with Crippen LogP contribution in [0.5, 0.6) is 0 Å². The smallest absolute Gasteiger partial charge is 0.264 e. The van der Waals surface area contributed by atoms with Crippen LogP contribution in [0.2, 0.25) is 0 Å². The van der Waals surface area contributed by atoms with Crippen LogP contribution in [0.1, 0.15) is 11.1 Å². The molecule has 0 unspecified atom stereocenters. The molecule has 0 amide bonds. The molecule has 0 saturated carbocycles. The number of benzene rings is 2. The molecule has 2 aromatic rings. The molecule has 0 fully saturated rings. The summed E-state index contributed by atoms with van der Waals surface area (Å²) >= 11 is 0. The van der Waals surface area contributed by atoms with E-state index in [9.17, 15) is 8.42 Å². The number of hydrogen-bond donors (Lipinski definition) is 1. The Bertz CT molecular complexity index is 711. The van der Waals surface area contributed by atoms with E-state index in [1.165, 1.54) is 4.31 Å². The van der Waals surface area contributed by atoms with Crippen LogP contribution in [0.25, 0.3) is 0 Å². The van der Waals surface area contributed by atoms with Crippen LogP contribution in [-0.4, -0.2) is 15.5 Å². The van der Waals surface area contributed by atoms with Crippen LogP contribution in [0.3, 0.4) is 0 Å². The van der Waals surface area contributed by atoms with Crippen LogP contribution in [0.15, 0.2) is 53.4 Å². The summed E-state index contributed by atoms with van der Waals surface area (Å²) in [6, 6.07) is 14.2. The largest absolute Gasteiger partial charge is 0.326 e. The molecule has 2 rings (SSSR count). The highest BCUT2D eigenvalue weighted by Gasteiger charge is 2.23. The van der Waals surface area contributed by atoms with Gasteiger partial charge in [0.05, 0.1) is 10.6 Å². The summed E-state index contributed by atoms with van der Waals surface area (Å²) in [4.78, 5) is 0.256. The van der Waals surface area contributed by atoms with E-state index in [4.69, 9.17) is 5.73 Å². The van der Waals surface area contributed by atoms with Gasteiger partial charge in [-0.15, -0.1) is 0 Å². The van der Waals surface area contributed by atoms with Crippen molar-refractivity contribution in [2.75, 3.05) is 11.4 Å². The van der Waals surface area contributed by atoms with Gasteiger partial charge in [0.2, 0.25) is 0 Å². The van der Waals surface area contributed by atoms with E-state index in [1.54, 1.807) is 37.4 Å². The molecule has 4 nitrogen and oxygen atoms in total. The van der Waals surface area contributed by atoms with Gasteiger partial charge < -0.3 is 5.73 Å². The quantitative estimate of drug-likeness (QED) is 0.939. The summed E-state index contributed by atoms with van der Waals surface area (Å²) < 4.78 is 26.7. The molecular formula is C15H18N2O2S. The predicted octanol–water partition coefficient (Wildman–Crippen LogP) is 2.28. The van der Waals surface area contributed by atoms with Gasteiger partial charge in [0, 0.05) is 13.6 Å². The molecule has 20 heavy (non-hydrogen) atoms. The summed E-state index contributed by atoms with van der Waals surface area (Å²) in [7, 11) is -2.05. The zero-order valence-corrected chi connectivity index (χ0v) is 12.4. The molecule has 0 aliphatic rings. The molecule has 2 N–H and O–H groups in total. The fraction of sp³-hybridized carbons (Fsp3) is 0.200. The maximum atomic E-state index is 12.7. The van der Waals surface area contributed by atoms with Crippen molar-refractivity contribution in [2.45, 2.75) is 18.4 Å². The Balaban J connectivity index is 2.50. The van der Waals surface area contributed by atoms with E-state index < -0.39 is 10.0 Å². The van der Waals surface area contributed by atoms with E-state index in [1.807, 2.05) is 25.1 Å². The predicted molar refractivity (Wildman–Crippen MR) is 81.1 cm³/mol. The number of anilines is 1. The van der Waals surface area contributed by atoms with Crippen molar-refractivity contribution in [1.29, 1.82) is 0 Å². The standard InChI is InChI=1S/C15H18N2O2S/c1-12-6-5-8-14(10-12)17(2)20(18,19)15-9-4-3-7-13(15)11-16/h3-10H,11,16H2,1-2H3. The zero-order valence-electron chi connectivity index (χ0n) is 11.6. The minimum Gasteiger partial charge on any atom is -0.326 e. The summed E-state index contributed by atoms with van der Waals surface area (Å²) in [5.41, 5.74) is 7.89. The van der Waals surface area contributed by atoms with Gasteiger partial charge in [0.25, 0.3) is 10.0 Å². The Hall–Kier alpha value is -1.85. The average molecular weight is 290 g/mol. The lowest BCUT2D eigenvalue weighted by Crippen LogP contribution is -2.27. The zero-order chi connectivity index (χ0) is 14.8. The van der Waals surface area contributed by atoms with Gasteiger partial charge >= 0.3 is 0 Å². The number of aryl methyl sites for hydroxylation is 1. The topological polar surface area (TPSA) is 63.4 Å². The lowest BCUT2D eigenvalue weighted by molar-refractivity contribution is 0.593. The lowest BCUT2D eigenvalue weighted by atomic mass is 10.2. The number of nitrogens with two attached hydrogens (primary N) is 1. The van der Waals surface area contributed by atoms with Crippen LogP contribution in [-0.2, 0) is 16.6 Å². The molecular weight excluding hydrogens is 272 g/mol. The minimum absolute atomic E-state index is 0.192. The Morgan fingerprint density at radius 2 is 1.80 bits per heavy atom. The van der Waals surface area contributed by atoms with E-state index in [2.05, 4.69) is 0 Å². The number of sulfonamides is 1. The summed E-state index contributed by atoms with van der Waals surface area (Å²) in [5.74, 6) is 0. The van der Waals surface area contributed by atoms with Gasteiger partial charge in [-0.1, -0.05) is 30.3 Å². The van der Waals surface area contributed by atoms with Crippen LogP contribution in [0.4, 0.5) is 5.69 Å². The molecule has 0 radical (unpaired) electrons. The van der Waals surface area contributed by atoms with Crippen molar-refractivity contribution in [3.05, 3.63) is 59.7 Å². The monoisotopic (exact) mass is 290 g/mol. The second-order valence-electron chi connectivity index (χ2n) is 4.62. The highest BCUT2D eigenvalue weighted by molar-refractivity contribution is 7.92. The third-order valence-corrected chi connectivity index (χ3v) is 5.08. The van der Waals surface area contributed by atoms with Gasteiger partial charge in [-0.2, -0.15) is 0 Å².